The lowest BCUT2D eigenvalue weighted by Crippen LogP contribution is -2.40. The highest BCUT2D eigenvalue weighted by Crippen LogP contribution is 2.40. The van der Waals surface area contributed by atoms with Gasteiger partial charge in [0.25, 0.3) is 0 Å². The number of rotatable bonds is 5. The zero-order valence-electron chi connectivity index (χ0n) is 19.5. The van der Waals surface area contributed by atoms with Crippen molar-refractivity contribution < 1.29 is 9.90 Å². The Hall–Kier alpha value is -3.98. The molecule has 2 unspecified atom stereocenters. The first-order valence-electron chi connectivity index (χ1n) is 11.8. The molecule has 0 aliphatic heterocycles. The average Bonchev–Trinajstić information content (AvgIpc) is 3.55. The van der Waals surface area contributed by atoms with Gasteiger partial charge in [-0.25, -0.2) is 4.98 Å². The summed E-state index contributed by atoms with van der Waals surface area (Å²) >= 11 is 0. The van der Waals surface area contributed by atoms with Gasteiger partial charge in [0, 0.05) is 54.0 Å². The SMILES string of the molecule is Cn1cc2cc(-c3nn(C4CCCC(O)(Cn5ccnc5)C4)c4ccc(C(N)=O)cc34)ccc2n1. The van der Waals surface area contributed by atoms with Gasteiger partial charge in [-0.05, 0) is 49.6 Å². The molecule has 178 valence electrons. The highest BCUT2D eigenvalue weighted by Gasteiger charge is 2.36. The quantitative estimate of drug-likeness (QED) is 0.409. The van der Waals surface area contributed by atoms with E-state index in [2.05, 4.69) is 16.1 Å². The molecule has 2 aromatic carbocycles. The normalized spacial score (nSPS) is 20.6. The predicted molar refractivity (Wildman–Crippen MR) is 133 cm³/mol. The Bertz CT molecular complexity index is 1550. The molecule has 3 aromatic heterocycles. The summed E-state index contributed by atoms with van der Waals surface area (Å²) in [5.74, 6) is -0.472. The lowest BCUT2D eigenvalue weighted by atomic mass is 9.81. The summed E-state index contributed by atoms with van der Waals surface area (Å²) < 4.78 is 5.75. The number of benzene rings is 2. The molecule has 5 aromatic rings. The summed E-state index contributed by atoms with van der Waals surface area (Å²) in [4.78, 5) is 16.1. The van der Waals surface area contributed by atoms with Crippen molar-refractivity contribution in [3.63, 3.8) is 0 Å². The summed E-state index contributed by atoms with van der Waals surface area (Å²) in [5.41, 5.74) is 8.77. The molecule has 1 amide bonds. The third-order valence-electron chi connectivity index (χ3n) is 7.06. The average molecular weight is 470 g/mol. The highest BCUT2D eigenvalue weighted by atomic mass is 16.3. The molecule has 0 saturated heterocycles. The van der Waals surface area contributed by atoms with Gasteiger partial charge in [0.15, 0.2) is 0 Å². The van der Waals surface area contributed by atoms with Gasteiger partial charge >= 0.3 is 0 Å². The van der Waals surface area contributed by atoms with Crippen LogP contribution in [-0.2, 0) is 13.6 Å². The first-order chi connectivity index (χ1) is 16.9. The lowest BCUT2D eigenvalue weighted by molar-refractivity contribution is -0.0285. The first kappa shape index (κ1) is 21.5. The molecular weight excluding hydrogens is 442 g/mol. The van der Waals surface area contributed by atoms with Gasteiger partial charge in [0.05, 0.1) is 35.5 Å². The van der Waals surface area contributed by atoms with E-state index in [1.165, 1.54) is 0 Å². The smallest absolute Gasteiger partial charge is 0.248 e. The topological polar surface area (TPSA) is 117 Å². The Balaban J connectivity index is 1.45. The molecule has 1 fully saturated rings. The van der Waals surface area contributed by atoms with Gasteiger partial charge < -0.3 is 15.4 Å². The minimum atomic E-state index is -0.843. The molecule has 9 heteroatoms. The fraction of sp³-hybridized carbons (Fsp3) is 0.308. The van der Waals surface area contributed by atoms with Crippen molar-refractivity contribution >= 4 is 27.7 Å². The highest BCUT2D eigenvalue weighted by molar-refractivity contribution is 6.01. The van der Waals surface area contributed by atoms with Crippen LogP contribution in [0.3, 0.4) is 0 Å². The van der Waals surface area contributed by atoms with Gasteiger partial charge in [0.2, 0.25) is 5.91 Å². The Kier molecular flexibility index (Phi) is 4.96. The van der Waals surface area contributed by atoms with E-state index >= 15 is 0 Å². The van der Waals surface area contributed by atoms with E-state index in [0.717, 1.165) is 52.3 Å². The van der Waals surface area contributed by atoms with Crippen LogP contribution < -0.4 is 5.73 Å². The van der Waals surface area contributed by atoms with Crippen molar-refractivity contribution in [2.24, 2.45) is 12.8 Å². The molecule has 6 rings (SSSR count). The minimum absolute atomic E-state index is 0.0232. The summed E-state index contributed by atoms with van der Waals surface area (Å²) in [6.07, 6.45) is 10.5. The number of aliphatic hydroxyl groups is 1. The van der Waals surface area contributed by atoms with Gasteiger partial charge in [-0.3, -0.25) is 14.2 Å². The van der Waals surface area contributed by atoms with Gasteiger partial charge in [0.1, 0.15) is 5.69 Å². The van der Waals surface area contributed by atoms with Gasteiger partial charge in [-0.2, -0.15) is 10.2 Å². The monoisotopic (exact) mass is 469 g/mol. The number of carbonyl (C=O) groups is 1. The number of aryl methyl sites for hydroxylation is 1. The second-order valence-corrected chi connectivity index (χ2v) is 9.68. The molecule has 0 bridgehead atoms. The summed E-state index contributed by atoms with van der Waals surface area (Å²) in [6.45, 7) is 0.499. The number of imidazole rings is 1. The third kappa shape index (κ3) is 3.87. The van der Waals surface area contributed by atoms with E-state index in [4.69, 9.17) is 10.8 Å². The van der Waals surface area contributed by atoms with Crippen molar-refractivity contribution in [2.45, 2.75) is 43.9 Å². The van der Waals surface area contributed by atoms with Crippen molar-refractivity contribution in [1.82, 2.24) is 29.1 Å². The first-order valence-corrected chi connectivity index (χ1v) is 11.8. The van der Waals surface area contributed by atoms with Crippen LogP contribution in [0.1, 0.15) is 42.1 Å². The van der Waals surface area contributed by atoms with E-state index in [1.807, 2.05) is 53.0 Å². The molecule has 3 heterocycles. The van der Waals surface area contributed by atoms with Crippen molar-refractivity contribution in [2.75, 3.05) is 0 Å². The molecule has 2 atom stereocenters. The molecule has 1 aliphatic rings. The zero-order valence-corrected chi connectivity index (χ0v) is 19.5. The predicted octanol–water partition coefficient (Wildman–Crippen LogP) is 3.43. The molecule has 1 aliphatic carbocycles. The maximum Gasteiger partial charge on any atom is 0.248 e. The second kappa shape index (κ2) is 8.06. The standard InChI is InChI=1S/C26H27N7O2/c1-31-14-19-11-17(4-6-22(19)29-31)24-21-12-18(25(27)34)5-7-23(21)33(30-24)20-3-2-8-26(35,13-20)15-32-10-9-28-16-32/h4-7,9-12,14,16,20,35H,2-3,8,13,15H2,1H3,(H2,27,34). The van der Waals surface area contributed by atoms with E-state index in [9.17, 15) is 9.90 Å². The molecular formula is C26H27N7O2. The Morgan fingerprint density at radius 2 is 2.11 bits per heavy atom. The fourth-order valence-corrected chi connectivity index (χ4v) is 5.46. The maximum absolute atomic E-state index is 12.0. The molecule has 35 heavy (non-hydrogen) atoms. The van der Waals surface area contributed by atoms with Crippen molar-refractivity contribution in [3.8, 4) is 11.3 Å². The van der Waals surface area contributed by atoms with E-state index in [-0.39, 0.29) is 6.04 Å². The van der Waals surface area contributed by atoms with Gasteiger partial charge in [-0.15, -0.1) is 0 Å². The summed E-state index contributed by atoms with van der Waals surface area (Å²) in [7, 11) is 1.90. The van der Waals surface area contributed by atoms with E-state index in [1.54, 1.807) is 23.3 Å². The molecule has 3 N–H and O–H groups in total. The lowest BCUT2D eigenvalue weighted by Gasteiger charge is -2.37. The van der Waals surface area contributed by atoms with Crippen LogP contribution in [-0.4, -0.2) is 45.7 Å². The molecule has 0 spiro atoms. The maximum atomic E-state index is 12.0. The number of carbonyl (C=O) groups excluding carboxylic acids is 1. The number of amides is 1. The number of primary amides is 1. The molecule has 9 nitrogen and oxygen atoms in total. The Morgan fingerprint density at radius 3 is 2.91 bits per heavy atom. The zero-order chi connectivity index (χ0) is 24.2. The van der Waals surface area contributed by atoms with Crippen LogP contribution in [0.2, 0.25) is 0 Å². The summed E-state index contributed by atoms with van der Waals surface area (Å²) in [6, 6.07) is 11.6. The number of hydrogen-bond acceptors (Lipinski definition) is 5. The number of aromatic nitrogens is 6. The number of nitrogens with zero attached hydrogens (tertiary/aromatic N) is 6. The van der Waals surface area contributed by atoms with Crippen LogP contribution in [0.25, 0.3) is 33.1 Å². The number of hydrogen-bond donors (Lipinski definition) is 2. The van der Waals surface area contributed by atoms with Crippen LogP contribution in [0, 0.1) is 0 Å². The van der Waals surface area contributed by atoms with Gasteiger partial charge in [-0.1, -0.05) is 6.07 Å². The van der Waals surface area contributed by atoms with Crippen LogP contribution in [0.4, 0.5) is 0 Å². The minimum Gasteiger partial charge on any atom is -0.388 e. The summed E-state index contributed by atoms with van der Waals surface area (Å²) in [5, 5.41) is 22.9. The number of nitrogens with two attached hydrogens (primary N) is 1. The molecule has 1 saturated carbocycles. The van der Waals surface area contributed by atoms with Crippen molar-refractivity contribution in [3.05, 3.63) is 66.9 Å². The van der Waals surface area contributed by atoms with E-state index in [0.29, 0.717) is 18.5 Å². The van der Waals surface area contributed by atoms with E-state index < -0.39 is 11.5 Å². The fourth-order valence-electron chi connectivity index (χ4n) is 5.46. The van der Waals surface area contributed by atoms with Crippen LogP contribution in [0.5, 0.6) is 0 Å². The van der Waals surface area contributed by atoms with Crippen LogP contribution in [0.15, 0.2) is 61.3 Å². The second-order valence-electron chi connectivity index (χ2n) is 9.68. The Labute approximate surface area is 201 Å². The third-order valence-corrected chi connectivity index (χ3v) is 7.06. The Morgan fingerprint density at radius 1 is 1.23 bits per heavy atom. The largest absolute Gasteiger partial charge is 0.388 e. The number of fused-ring (bicyclic) bond motifs is 2. The van der Waals surface area contributed by atoms with Crippen molar-refractivity contribution in [1.29, 1.82) is 0 Å². The molecule has 0 radical (unpaired) electrons. The van der Waals surface area contributed by atoms with Crippen LogP contribution >= 0.6 is 0 Å².